The van der Waals surface area contributed by atoms with Crippen LogP contribution in [0.5, 0.6) is 0 Å². The van der Waals surface area contributed by atoms with Gasteiger partial charge < -0.3 is 9.15 Å². The van der Waals surface area contributed by atoms with E-state index in [0.717, 1.165) is 0 Å². The Bertz CT molecular complexity index is 912. The van der Waals surface area contributed by atoms with E-state index < -0.39 is 0 Å². The molecule has 0 aliphatic carbocycles. The molecule has 1 aliphatic heterocycles. The zero-order chi connectivity index (χ0) is 19.2. The standard InChI is InChI=1S/C20H18N2O4S/c1-3-25-19(24)14-9-11-15(12-10-14)21-20-22(2)18(23)17(27-20)8-4-6-16-7-5-13-26-16/h4-13H,3H2,1-2H3/b6-4+,17-8-,21-20?. The minimum Gasteiger partial charge on any atom is -0.465 e. The van der Waals surface area contributed by atoms with E-state index in [2.05, 4.69) is 4.99 Å². The molecule has 1 amide bonds. The van der Waals surface area contributed by atoms with Gasteiger partial charge in [-0.25, -0.2) is 9.79 Å². The Labute approximate surface area is 161 Å². The number of ether oxygens (including phenoxy) is 1. The summed E-state index contributed by atoms with van der Waals surface area (Å²) in [6.45, 7) is 2.09. The van der Waals surface area contributed by atoms with E-state index in [1.165, 1.54) is 16.7 Å². The molecule has 138 valence electrons. The molecule has 1 aromatic carbocycles. The summed E-state index contributed by atoms with van der Waals surface area (Å²) >= 11 is 1.29. The van der Waals surface area contributed by atoms with E-state index in [-0.39, 0.29) is 11.9 Å². The molecule has 2 aromatic rings. The molecule has 0 saturated carbocycles. The number of rotatable bonds is 5. The maximum absolute atomic E-state index is 12.4. The number of benzene rings is 1. The summed E-state index contributed by atoms with van der Waals surface area (Å²) in [4.78, 5) is 30.6. The van der Waals surface area contributed by atoms with Crippen molar-refractivity contribution in [1.82, 2.24) is 4.90 Å². The van der Waals surface area contributed by atoms with Gasteiger partial charge in [-0.2, -0.15) is 0 Å². The Balaban J connectivity index is 1.73. The van der Waals surface area contributed by atoms with Crippen molar-refractivity contribution in [3.8, 4) is 0 Å². The van der Waals surface area contributed by atoms with Crippen LogP contribution in [0.3, 0.4) is 0 Å². The van der Waals surface area contributed by atoms with E-state index in [9.17, 15) is 9.59 Å². The van der Waals surface area contributed by atoms with Crippen LogP contribution in [0.2, 0.25) is 0 Å². The van der Waals surface area contributed by atoms with Crippen molar-refractivity contribution in [3.05, 3.63) is 71.0 Å². The highest BCUT2D eigenvalue weighted by Gasteiger charge is 2.29. The summed E-state index contributed by atoms with van der Waals surface area (Å²) in [5.41, 5.74) is 1.12. The number of esters is 1. The molecule has 2 heterocycles. The largest absolute Gasteiger partial charge is 0.465 e. The molecule has 0 spiro atoms. The first-order valence-corrected chi connectivity index (χ1v) is 9.14. The number of allylic oxidation sites excluding steroid dienone is 2. The predicted octanol–water partition coefficient (Wildman–Crippen LogP) is 4.25. The summed E-state index contributed by atoms with van der Waals surface area (Å²) in [6, 6.07) is 10.4. The number of aliphatic imine (C=N–C) groups is 1. The molecule has 1 aromatic heterocycles. The van der Waals surface area contributed by atoms with Crippen LogP contribution in [0, 0.1) is 0 Å². The molecule has 0 atom stereocenters. The van der Waals surface area contributed by atoms with Crippen molar-refractivity contribution in [1.29, 1.82) is 0 Å². The smallest absolute Gasteiger partial charge is 0.338 e. The Morgan fingerprint density at radius 3 is 2.74 bits per heavy atom. The maximum atomic E-state index is 12.4. The number of thioether (sulfide) groups is 1. The first-order valence-electron chi connectivity index (χ1n) is 8.32. The number of furan rings is 1. The van der Waals surface area contributed by atoms with Crippen LogP contribution in [-0.2, 0) is 9.53 Å². The van der Waals surface area contributed by atoms with Crippen LogP contribution >= 0.6 is 11.8 Å². The van der Waals surface area contributed by atoms with Crippen molar-refractivity contribution in [2.45, 2.75) is 6.92 Å². The third-order valence-corrected chi connectivity index (χ3v) is 4.74. The number of carbonyl (C=O) groups is 2. The molecule has 0 radical (unpaired) electrons. The molecule has 27 heavy (non-hydrogen) atoms. The number of hydrogen-bond donors (Lipinski definition) is 0. The quantitative estimate of drug-likeness (QED) is 0.571. The molecular weight excluding hydrogens is 364 g/mol. The van der Waals surface area contributed by atoms with Crippen LogP contribution < -0.4 is 0 Å². The zero-order valence-electron chi connectivity index (χ0n) is 14.9. The van der Waals surface area contributed by atoms with Crippen molar-refractivity contribution in [2.24, 2.45) is 4.99 Å². The fourth-order valence-corrected chi connectivity index (χ4v) is 3.22. The van der Waals surface area contributed by atoms with Crippen molar-refractivity contribution < 1.29 is 18.7 Å². The fraction of sp³-hybridized carbons (Fsp3) is 0.150. The normalized spacial score (nSPS) is 17.4. The average Bonchev–Trinajstić information content (AvgIpc) is 3.27. The van der Waals surface area contributed by atoms with Gasteiger partial charge in [-0.1, -0.05) is 6.08 Å². The van der Waals surface area contributed by atoms with Gasteiger partial charge in [0.25, 0.3) is 5.91 Å². The summed E-state index contributed by atoms with van der Waals surface area (Å²) in [7, 11) is 1.68. The number of amides is 1. The van der Waals surface area contributed by atoms with E-state index in [4.69, 9.17) is 9.15 Å². The zero-order valence-corrected chi connectivity index (χ0v) is 15.7. The third-order valence-electron chi connectivity index (χ3n) is 3.66. The van der Waals surface area contributed by atoms with Crippen LogP contribution in [0.25, 0.3) is 6.08 Å². The second-order valence-electron chi connectivity index (χ2n) is 5.53. The van der Waals surface area contributed by atoms with Crippen molar-refractivity contribution in [2.75, 3.05) is 13.7 Å². The fourth-order valence-electron chi connectivity index (χ4n) is 2.28. The lowest BCUT2D eigenvalue weighted by Gasteiger charge is -2.07. The molecule has 7 heteroatoms. The third kappa shape index (κ3) is 4.57. The molecule has 3 rings (SSSR count). The minimum absolute atomic E-state index is 0.119. The lowest BCUT2D eigenvalue weighted by Crippen LogP contribution is -2.23. The monoisotopic (exact) mass is 382 g/mol. The highest BCUT2D eigenvalue weighted by atomic mass is 32.2. The Hall–Kier alpha value is -3.06. The van der Waals surface area contributed by atoms with Gasteiger partial charge in [-0.3, -0.25) is 9.69 Å². The predicted molar refractivity (Wildman–Crippen MR) is 106 cm³/mol. The van der Waals surface area contributed by atoms with E-state index >= 15 is 0 Å². The number of carbonyl (C=O) groups excluding carboxylic acids is 2. The van der Waals surface area contributed by atoms with Crippen LogP contribution in [0.1, 0.15) is 23.0 Å². The van der Waals surface area contributed by atoms with Gasteiger partial charge in [-0.15, -0.1) is 0 Å². The highest BCUT2D eigenvalue weighted by Crippen LogP contribution is 2.31. The van der Waals surface area contributed by atoms with Gasteiger partial charge in [0.15, 0.2) is 5.17 Å². The van der Waals surface area contributed by atoms with E-state index in [1.807, 2.05) is 6.07 Å². The number of amidine groups is 1. The van der Waals surface area contributed by atoms with Gasteiger partial charge >= 0.3 is 5.97 Å². The Morgan fingerprint density at radius 1 is 1.30 bits per heavy atom. The minimum atomic E-state index is -0.368. The van der Waals surface area contributed by atoms with Crippen LogP contribution in [0.4, 0.5) is 5.69 Å². The molecule has 6 nitrogen and oxygen atoms in total. The van der Waals surface area contributed by atoms with Crippen LogP contribution in [0.15, 0.2) is 69.1 Å². The van der Waals surface area contributed by atoms with Crippen molar-refractivity contribution in [3.63, 3.8) is 0 Å². The van der Waals surface area contributed by atoms with Gasteiger partial charge in [0.05, 0.1) is 29.0 Å². The van der Waals surface area contributed by atoms with Gasteiger partial charge in [0, 0.05) is 7.05 Å². The summed E-state index contributed by atoms with van der Waals surface area (Å²) in [5, 5.41) is 0.571. The highest BCUT2D eigenvalue weighted by molar-refractivity contribution is 8.18. The van der Waals surface area contributed by atoms with Crippen LogP contribution in [-0.4, -0.2) is 35.6 Å². The first-order chi connectivity index (χ1) is 13.1. The van der Waals surface area contributed by atoms with Gasteiger partial charge in [-0.05, 0) is 67.2 Å². The second kappa shape index (κ2) is 8.55. The molecule has 1 aliphatic rings. The second-order valence-corrected chi connectivity index (χ2v) is 6.54. The Kier molecular flexibility index (Phi) is 5.93. The number of hydrogen-bond acceptors (Lipinski definition) is 6. The lowest BCUT2D eigenvalue weighted by molar-refractivity contribution is -0.121. The number of likely N-dealkylation sites (N-methyl/N-ethyl adjacent to an activating group) is 1. The topological polar surface area (TPSA) is 72.1 Å². The summed E-state index contributed by atoms with van der Waals surface area (Å²) < 4.78 is 10.2. The molecular formula is C20H18N2O4S. The molecule has 0 N–H and O–H groups in total. The van der Waals surface area contributed by atoms with E-state index in [0.29, 0.717) is 33.7 Å². The van der Waals surface area contributed by atoms with Crippen molar-refractivity contribution >= 4 is 40.6 Å². The van der Waals surface area contributed by atoms with Gasteiger partial charge in [0.2, 0.25) is 0 Å². The lowest BCUT2D eigenvalue weighted by atomic mass is 10.2. The molecule has 1 fully saturated rings. The number of nitrogens with zero attached hydrogens (tertiary/aromatic N) is 2. The molecule has 0 unspecified atom stereocenters. The molecule has 0 bridgehead atoms. The molecule has 1 saturated heterocycles. The van der Waals surface area contributed by atoms with E-state index in [1.54, 1.807) is 68.8 Å². The SMILES string of the molecule is CCOC(=O)c1ccc(N=C2S/C(=C\C=C\c3ccco3)C(=O)N2C)cc1. The Morgan fingerprint density at radius 2 is 2.07 bits per heavy atom. The average molecular weight is 382 g/mol. The summed E-state index contributed by atoms with van der Waals surface area (Å²) in [5.74, 6) is 0.227. The first kappa shape index (κ1) is 18.7. The summed E-state index contributed by atoms with van der Waals surface area (Å²) in [6.07, 6.45) is 6.88. The maximum Gasteiger partial charge on any atom is 0.338 e. The van der Waals surface area contributed by atoms with Gasteiger partial charge in [0.1, 0.15) is 5.76 Å².